The summed E-state index contributed by atoms with van der Waals surface area (Å²) in [6.07, 6.45) is 9.08. The number of pyridine rings is 1. The van der Waals surface area contributed by atoms with E-state index in [2.05, 4.69) is 85.4 Å². The van der Waals surface area contributed by atoms with Crippen LogP contribution in [0, 0.1) is 6.92 Å². The summed E-state index contributed by atoms with van der Waals surface area (Å²) in [6, 6.07) is 23.1. The smallest absolute Gasteiger partial charge is 0.200 e. The fourth-order valence-corrected chi connectivity index (χ4v) is 7.73. The molecule has 0 unspecified atom stereocenters. The Morgan fingerprint density at radius 2 is 1.58 bits per heavy atom. The van der Waals surface area contributed by atoms with Crippen molar-refractivity contribution in [2.45, 2.75) is 54.7 Å². The minimum Gasteiger partial charge on any atom is -0.200 e. The van der Waals surface area contributed by atoms with Crippen molar-refractivity contribution in [3.05, 3.63) is 78.0 Å². The van der Waals surface area contributed by atoms with Crippen LogP contribution < -0.4 is 4.57 Å². The van der Waals surface area contributed by atoms with Gasteiger partial charge < -0.3 is 0 Å². The fraction of sp³-hybridized carbons (Fsp3) is 0.258. The second-order valence-corrected chi connectivity index (χ2v) is 11.0. The Morgan fingerprint density at radius 3 is 2.45 bits per heavy atom. The summed E-state index contributed by atoms with van der Waals surface area (Å²) in [5, 5.41) is 8.45. The zero-order chi connectivity index (χ0) is 22.1. The van der Waals surface area contributed by atoms with Crippen LogP contribution in [0.4, 0.5) is 0 Å². The Hall–Kier alpha value is -2.84. The van der Waals surface area contributed by atoms with Crippen LogP contribution in [-0.2, 0) is 7.05 Å². The van der Waals surface area contributed by atoms with Gasteiger partial charge in [0.05, 0.1) is 10.9 Å². The van der Waals surface area contributed by atoms with Gasteiger partial charge in [0, 0.05) is 21.2 Å². The Balaban J connectivity index is 1.60. The Bertz CT molecular complexity index is 1590. The predicted octanol–water partition coefficient (Wildman–Crippen LogP) is 8.46. The lowest BCUT2D eigenvalue weighted by Gasteiger charge is -2.26. The van der Waals surface area contributed by atoms with E-state index < -0.39 is 0 Å². The largest absolute Gasteiger partial charge is 0.222 e. The Kier molecular flexibility index (Phi) is 4.36. The molecule has 1 aliphatic heterocycles. The van der Waals surface area contributed by atoms with E-state index in [0.29, 0.717) is 5.92 Å². The van der Waals surface area contributed by atoms with E-state index in [1.165, 1.54) is 91.0 Å². The Labute approximate surface area is 199 Å². The lowest BCUT2D eigenvalue weighted by atomic mass is 9.81. The molecule has 2 heterocycles. The van der Waals surface area contributed by atoms with E-state index in [0.717, 1.165) is 0 Å². The summed E-state index contributed by atoms with van der Waals surface area (Å²) in [5.74, 6) is 0.697. The van der Waals surface area contributed by atoms with Crippen LogP contribution in [0.2, 0.25) is 0 Å². The van der Waals surface area contributed by atoms with Crippen LogP contribution in [0.1, 0.15) is 49.1 Å². The van der Waals surface area contributed by atoms with E-state index >= 15 is 0 Å². The van der Waals surface area contributed by atoms with Gasteiger partial charge in [-0.05, 0) is 70.5 Å². The molecule has 0 atom stereocenters. The lowest BCUT2D eigenvalue weighted by Crippen LogP contribution is -2.31. The Morgan fingerprint density at radius 1 is 0.788 bits per heavy atom. The normalized spacial score (nSPS) is 15.9. The van der Waals surface area contributed by atoms with Crippen LogP contribution in [0.25, 0.3) is 43.6 Å². The molecule has 162 valence electrons. The SMILES string of the molecule is Cc1c2c(cc3ccccc13)Sc1cc3cccc(C4CCCCC4)c3c3cc[n+](C)c-2c13. The molecule has 0 N–H and O–H groups in total. The third kappa shape index (κ3) is 2.83. The zero-order valence-corrected chi connectivity index (χ0v) is 20.1. The molecule has 1 nitrogen and oxygen atoms in total. The van der Waals surface area contributed by atoms with Crippen molar-refractivity contribution >= 4 is 44.1 Å². The number of fused-ring (bicyclic) bond motifs is 5. The highest BCUT2D eigenvalue weighted by Gasteiger charge is 2.31. The van der Waals surface area contributed by atoms with Gasteiger partial charge in [0.25, 0.3) is 0 Å². The highest BCUT2D eigenvalue weighted by molar-refractivity contribution is 7.99. The van der Waals surface area contributed by atoms with E-state index in [1.807, 2.05) is 11.8 Å². The third-order valence-electron chi connectivity index (χ3n) is 8.03. The standard InChI is InChI=1S/C31H28NS/c1-19-23-13-7-6-11-21(23)17-26-28(19)31-30-25(15-16-32(31)2)29-22(18-27(30)33-26)12-8-14-24(29)20-9-4-3-5-10-20/h6-8,11-18,20H,3-5,9-10H2,1-2H3/q+1. The molecule has 0 bridgehead atoms. The number of rotatable bonds is 1. The highest BCUT2D eigenvalue weighted by atomic mass is 32.2. The molecular formula is C31H28NS+. The molecule has 0 spiro atoms. The van der Waals surface area contributed by atoms with Gasteiger partial charge in [-0.2, -0.15) is 0 Å². The zero-order valence-electron chi connectivity index (χ0n) is 19.3. The van der Waals surface area contributed by atoms with Crippen LogP contribution in [0.15, 0.2) is 76.7 Å². The molecular weight excluding hydrogens is 418 g/mol. The van der Waals surface area contributed by atoms with Gasteiger partial charge in [-0.3, -0.25) is 0 Å². The maximum atomic E-state index is 2.46. The number of benzene rings is 4. The second kappa shape index (κ2) is 7.33. The molecule has 1 aliphatic carbocycles. The third-order valence-corrected chi connectivity index (χ3v) is 9.11. The number of aromatic nitrogens is 1. The van der Waals surface area contributed by atoms with E-state index in [4.69, 9.17) is 0 Å². The van der Waals surface area contributed by atoms with Crippen LogP contribution in [0.3, 0.4) is 0 Å². The molecule has 0 amide bonds. The molecule has 2 heteroatoms. The minimum absolute atomic E-state index is 0.697. The average molecular weight is 447 g/mol. The topological polar surface area (TPSA) is 3.88 Å². The van der Waals surface area contributed by atoms with Crippen molar-refractivity contribution in [2.24, 2.45) is 7.05 Å². The van der Waals surface area contributed by atoms with Crippen LogP contribution >= 0.6 is 11.8 Å². The summed E-state index contributed by atoms with van der Waals surface area (Å²) in [6.45, 7) is 2.31. The molecule has 4 aromatic carbocycles. The summed E-state index contributed by atoms with van der Waals surface area (Å²) in [7, 11) is 2.21. The summed E-state index contributed by atoms with van der Waals surface area (Å²) in [5.41, 5.74) is 5.75. The van der Waals surface area contributed by atoms with Gasteiger partial charge in [-0.25, -0.2) is 4.57 Å². The molecule has 1 fully saturated rings. The predicted molar refractivity (Wildman–Crippen MR) is 140 cm³/mol. The quantitative estimate of drug-likeness (QED) is 0.181. The van der Waals surface area contributed by atoms with Gasteiger partial charge in [0.15, 0.2) is 6.20 Å². The van der Waals surface area contributed by atoms with Crippen molar-refractivity contribution < 1.29 is 4.57 Å². The first kappa shape index (κ1) is 19.6. The highest BCUT2D eigenvalue weighted by Crippen LogP contribution is 2.51. The fourth-order valence-electron chi connectivity index (χ4n) is 6.47. The number of nitrogens with zero attached hydrogens (tertiary/aromatic N) is 1. The van der Waals surface area contributed by atoms with E-state index in [9.17, 15) is 0 Å². The molecule has 0 radical (unpaired) electrons. The lowest BCUT2D eigenvalue weighted by molar-refractivity contribution is -0.659. The first-order chi connectivity index (χ1) is 16.2. The molecule has 0 saturated heterocycles. The van der Waals surface area contributed by atoms with Crippen molar-refractivity contribution in [1.29, 1.82) is 0 Å². The average Bonchev–Trinajstić information content (AvgIpc) is 2.85. The number of hydrogen-bond donors (Lipinski definition) is 0. The van der Waals surface area contributed by atoms with E-state index in [1.54, 1.807) is 5.56 Å². The monoisotopic (exact) mass is 446 g/mol. The summed E-state index contributed by atoms with van der Waals surface area (Å²) in [4.78, 5) is 2.77. The summed E-state index contributed by atoms with van der Waals surface area (Å²) < 4.78 is 2.35. The molecule has 33 heavy (non-hydrogen) atoms. The van der Waals surface area contributed by atoms with Gasteiger partial charge in [-0.1, -0.05) is 73.5 Å². The van der Waals surface area contributed by atoms with E-state index in [-0.39, 0.29) is 0 Å². The molecule has 7 rings (SSSR count). The van der Waals surface area contributed by atoms with Gasteiger partial charge >= 0.3 is 0 Å². The van der Waals surface area contributed by atoms with Crippen LogP contribution in [0.5, 0.6) is 0 Å². The van der Waals surface area contributed by atoms with Crippen molar-refractivity contribution in [2.75, 3.05) is 0 Å². The maximum Gasteiger partial charge on any atom is 0.222 e. The van der Waals surface area contributed by atoms with Crippen LogP contribution in [-0.4, -0.2) is 0 Å². The minimum atomic E-state index is 0.697. The number of aryl methyl sites for hydroxylation is 2. The van der Waals surface area contributed by atoms with Gasteiger partial charge in [0.2, 0.25) is 5.69 Å². The van der Waals surface area contributed by atoms with Gasteiger partial charge in [0.1, 0.15) is 7.05 Å². The van der Waals surface area contributed by atoms with Gasteiger partial charge in [-0.15, -0.1) is 0 Å². The molecule has 1 saturated carbocycles. The van der Waals surface area contributed by atoms with Crippen molar-refractivity contribution in [1.82, 2.24) is 0 Å². The number of hydrogen-bond acceptors (Lipinski definition) is 1. The van der Waals surface area contributed by atoms with Crippen molar-refractivity contribution in [3.8, 4) is 11.3 Å². The molecule has 1 aromatic heterocycles. The molecule has 2 aliphatic rings. The second-order valence-electron chi connectivity index (χ2n) is 9.92. The first-order valence-electron chi connectivity index (χ1n) is 12.3. The first-order valence-corrected chi connectivity index (χ1v) is 13.1. The summed E-state index contributed by atoms with van der Waals surface area (Å²) >= 11 is 1.96. The molecule has 5 aromatic rings. The van der Waals surface area contributed by atoms with Crippen molar-refractivity contribution in [3.63, 3.8) is 0 Å². The maximum absolute atomic E-state index is 2.46.